The molecule has 4 N–H and O–H groups in total. The van der Waals surface area contributed by atoms with E-state index in [1.165, 1.54) is 0 Å². The maximum Gasteiger partial charge on any atom is 0.325 e. The van der Waals surface area contributed by atoms with Gasteiger partial charge < -0.3 is 29.6 Å². The summed E-state index contributed by atoms with van der Waals surface area (Å²) in [5.41, 5.74) is 3.31. The van der Waals surface area contributed by atoms with Crippen LogP contribution in [0.4, 0.5) is 5.82 Å². The summed E-state index contributed by atoms with van der Waals surface area (Å²) in [7, 11) is 1.75. The Bertz CT molecular complexity index is 1640. The number of aromatic amines is 2. The van der Waals surface area contributed by atoms with Gasteiger partial charge in [-0.05, 0) is 46.0 Å². The van der Waals surface area contributed by atoms with Gasteiger partial charge in [0.2, 0.25) is 0 Å². The van der Waals surface area contributed by atoms with Crippen LogP contribution in [0, 0.1) is 20.8 Å². The average Bonchev–Trinajstić information content (AvgIpc) is 3.47. The number of fused-ring (bicyclic) bond motifs is 1. The first kappa shape index (κ1) is 26.6. The molecule has 13 heteroatoms. The number of halogens is 1. The van der Waals surface area contributed by atoms with Crippen LogP contribution in [0.1, 0.15) is 28.3 Å². The third kappa shape index (κ3) is 5.18. The number of H-pyrrole nitrogens is 2. The summed E-state index contributed by atoms with van der Waals surface area (Å²) in [5.74, 6) is 1.98. The molecule has 0 radical (unpaired) electrons. The van der Waals surface area contributed by atoms with Crippen molar-refractivity contribution in [3.63, 3.8) is 0 Å². The summed E-state index contributed by atoms with van der Waals surface area (Å²) in [5, 5.41) is 17.4. The van der Waals surface area contributed by atoms with Gasteiger partial charge in [-0.3, -0.25) is 9.78 Å². The summed E-state index contributed by atoms with van der Waals surface area (Å²) in [6, 6.07) is 5.12. The van der Waals surface area contributed by atoms with E-state index in [-0.39, 0.29) is 19.7 Å². The number of aliphatic hydroxyl groups excluding tert-OH is 1. The number of likely N-dealkylation sites (N-methyl/N-ethyl adjacent to an activating group) is 1. The summed E-state index contributed by atoms with van der Waals surface area (Å²) in [6.07, 6.45) is -0.686. The van der Waals surface area contributed by atoms with E-state index in [1.807, 2.05) is 25.7 Å². The van der Waals surface area contributed by atoms with Crippen molar-refractivity contribution in [2.24, 2.45) is 0 Å². The Labute approximate surface area is 228 Å². The van der Waals surface area contributed by atoms with Gasteiger partial charge in [0.25, 0.3) is 5.56 Å². The third-order valence-corrected chi connectivity index (χ3v) is 6.91. The number of anilines is 1. The Morgan fingerprint density at radius 2 is 2.00 bits per heavy atom. The molecule has 3 aromatic heterocycles. The largest absolute Gasteiger partial charge is 0.491 e. The van der Waals surface area contributed by atoms with Crippen LogP contribution in [0.3, 0.4) is 0 Å². The summed E-state index contributed by atoms with van der Waals surface area (Å²) in [6.45, 7) is 6.54. The molecule has 0 fully saturated rings. The molecule has 0 saturated heterocycles. The quantitative estimate of drug-likeness (QED) is 0.254. The number of aryl methyl sites for hydroxylation is 2. The monoisotopic (exact) mass is 553 g/mol. The number of benzene rings is 1. The van der Waals surface area contributed by atoms with Crippen LogP contribution < -0.4 is 26.2 Å². The fourth-order valence-electron chi connectivity index (χ4n) is 4.70. The topological polar surface area (TPSA) is 162 Å². The van der Waals surface area contributed by atoms with Crippen LogP contribution in [-0.4, -0.2) is 56.5 Å². The zero-order valence-corrected chi connectivity index (χ0v) is 22.6. The molecule has 1 aliphatic heterocycles. The fourth-order valence-corrected chi connectivity index (χ4v) is 4.90. The lowest BCUT2D eigenvalue weighted by molar-refractivity contribution is 0.108. The second kappa shape index (κ2) is 10.6. The first-order valence-electron chi connectivity index (χ1n) is 12.3. The van der Waals surface area contributed by atoms with E-state index < -0.39 is 17.4 Å². The predicted molar refractivity (Wildman–Crippen MR) is 145 cm³/mol. The molecule has 0 aliphatic carbocycles. The normalized spacial score (nSPS) is 13.5. The van der Waals surface area contributed by atoms with Crippen molar-refractivity contribution in [2.45, 2.75) is 40.0 Å². The minimum Gasteiger partial charge on any atom is -0.491 e. The molecule has 5 rings (SSSR count). The van der Waals surface area contributed by atoms with E-state index >= 15 is 0 Å². The molecule has 0 spiro atoms. The minimum absolute atomic E-state index is 0.0883. The van der Waals surface area contributed by atoms with Crippen molar-refractivity contribution in [2.75, 3.05) is 25.1 Å². The van der Waals surface area contributed by atoms with Crippen molar-refractivity contribution >= 4 is 17.4 Å². The van der Waals surface area contributed by atoms with E-state index in [4.69, 9.17) is 30.8 Å². The lowest BCUT2D eigenvalue weighted by Gasteiger charge is -2.21. The molecular formula is C26H28ClN7O5. The number of hydrogen-bond donors (Lipinski definition) is 4. The van der Waals surface area contributed by atoms with Gasteiger partial charge in [-0.2, -0.15) is 0 Å². The number of aromatic nitrogens is 5. The van der Waals surface area contributed by atoms with E-state index in [9.17, 15) is 14.7 Å². The molecule has 1 aromatic carbocycles. The lowest BCUT2D eigenvalue weighted by Crippen LogP contribution is -2.29. The van der Waals surface area contributed by atoms with Crippen molar-refractivity contribution in [1.29, 1.82) is 0 Å². The highest BCUT2D eigenvalue weighted by Crippen LogP contribution is 2.38. The van der Waals surface area contributed by atoms with Gasteiger partial charge in [0.1, 0.15) is 30.0 Å². The zero-order valence-electron chi connectivity index (χ0n) is 21.9. The van der Waals surface area contributed by atoms with E-state index in [0.717, 1.165) is 11.1 Å². The van der Waals surface area contributed by atoms with Crippen LogP contribution >= 0.6 is 11.6 Å². The zero-order chi connectivity index (χ0) is 27.8. The van der Waals surface area contributed by atoms with Gasteiger partial charge in [-0.25, -0.2) is 14.8 Å². The first-order valence-corrected chi connectivity index (χ1v) is 12.7. The smallest absolute Gasteiger partial charge is 0.325 e. The van der Waals surface area contributed by atoms with Crippen LogP contribution in [0.15, 0.2) is 32.3 Å². The molecule has 12 nitrogen and oxygen atoms in total. The summed E-state index contributed by atoms with van der Waals surface area (Å²) < 4.78 is 11.2. The molecule has 204 valence electrons. The highest BCUT2D eigenvalue weighted by Gasteiger charge is 2.29. The van der Waals surface area contributed by atoms with Crippen LogP contribution in [0.5, 0.6) is 5.75 Å². The Morgan fingerprint density at radius 1 is 1.21 bits per heavy atom. The maximum atomic E-state index is 12.4. The molecule has 39 heavy (non-hydrogen) atoms. The number of nitrogens with zero attached hydrogens (tertiary/aromatic N) is 4. The van der Waals surface area contributed by atoms with Crippen molar-refractivity contribution in [3.8, 4) is 28.4 Å². The summed E-state index contributed by atoms with van der Waals surface area (Å²) >= 11 is 6.62. The Hall–Kier alpha value is -4.00. The van der Waals surface area contributed by atoms with Gasteiger partial charge in [-0.1, -0.05) is 16.8 Å². The first-order chi connectivity index (χ1) is 18.7. The molecule has 0 amide bonds. The predicted octanol–water partition coefficient (Wildman–Crippen LogP) is 2.23. The van der Waals surface area contributed by atoms with Crippen LogP contribution in [-0.2, 0) is 13.1 Å². The van der Waals surface area contributed by atoms with Gasteiger partial charge >= 0.3 is 5.69 Å². The molecule has 1 aliphatic rings. The number of nitrogens with one attached hydrogen (secondary N) is 3. The highest BCUT2D eigenvalue weighted by atomic mass is 35.5. The van der Waals surface area contributed by atoms with E-state index in [1.54, 1.807) is 25.2 Å². The standard InChI is InChI=1S/C26H28ClN7O5/c1-12-22(21-13(2)33-39-14(21)3)30-23(17-7-16(5-6-19(17)27)38-11-15(35)8-28-4)31-24(12)34-9-18-20(10-34)29-26(37)32-25(18)36/h5-7,15,28,35H,8-11H2,1-4H3,(H2,29,32,36,37). The van der Waals surface area contributed by atoms with E-state index in [0.29, 0.717) is 62.9 Å². The number of aliphatic hydroxyl groups is 1. The van der Waals surface area contributed by atoms with Crippen LogP contribution in [0.2, 0.25) is 5.02 Å². The average molecular weight is 554 g/mol. The van der Waals surface area contributed by atoms with Crippen LogP contribution in [0.25, 0.3) is 22.6 Å². The molecule has 4 aromatic rings. The number of rotatable bonds is 8. The molecule has 0 bridgehead atoms. The number of hydrogen-bond acceptors (Lipinski definition) is 10. The second-order valence-electron chi connectivity index (χ2n) is 9.43. The highest BCUT2D eigenvalue weighted by molar-refractivity contribution is 6.33. The van der Waals surface area contributed by atoms with Gasteiger partial charge in [0, 0.05) is 23.4 Å². The third-order valence-electron chi connectivity index (χ3n) is 6.58. The molecule has 4 heterocycles. The fraction of sp³-hybridized carbons (Fsp3) is 0.346. The van der Waals surface area contributed by atoms with Gasteiger partial charge in [0.15, 0.2) is 5.82 Å². The Balaban J connectivity index is 1.62. The molecule has 1 atom stereocenters. The lowest BCUT2D eigenvalue weighted by atomic mass is 10.0. The summed E-state index contributed by atoms with van der Waals surface area (Å²) in [4.78, 5) is 41.0. The SMILES string of the molecule is CNCC(O)COc1ccc(Cl)c(-c2nc(-c3c(C)noc3C)c(C)c(N3Cc4[nH]c(=O)[nH]c(=O)c4C3)n2)c1. The second-order valence-corrected chi connectivity index (χ2v) is 9.84. The van der Waals surface area contributed by atoms with Gasteiger partial charge in [0.05, 0.1) is 40.6 Å². The number of ether oxygens (including phenoxy) is 1. The van der Waals surface area contributed by atoms with E-state index in [2.05, 4.69) is 20.4 Å². The molecule has 0 saturated carbocycles. The maximum absolute atomic E-state index is 12.4. The van der Waals surface area contributed by atoms with Gasteiger partial charge in [-0.15, -0.1) is 0 Å². The van der Waals surface area contributed by atoms with Crippen molar-refractivity contribution in [3.05, 3.63) is 72.3 Å². The molecular weight excluding hydrogens is 526 g/mol. The Kier molecular flexibility index (Phi) is 7.25. The van der Waals surface area contributed by atoms with Crippen molar-refractivity contribution < 1.29 is 14.4 Å². The minimum atomic E-state index is -0.686. The van der Waals surface area contributed by atoms with Crippen molar-refractivity contribution in [1.82, 2.24) is 30.4 Å². The molecule has 1 unspecified atom stereocenters. The Morgan fingerprint density at radius 3 is 2.72 bits per heavy atom.